The molecule has 0 amide bonds. The summed E-state index contributed by atoms with van der Waals surface area (Å²) in [5.74, 6) is 0. The highest BCUT2D eigenvalue weighted by Crippen LogP contribution is 2.06. The second-order valence-electron chi connectivity index (χ2n) is 4.19. The Bertz CT molecular complexity index is 975. The summed E-state index contributed by atoms with van der Waals surface area (Å²) in [7, 11) is 0. The van der Waals surface area contributed by atoms with E-state index in [1.165, 1.54) is 0 Å². The van der Waals surface area contributed by atoms with Crippen LogP contribution in [0.3, 0.4) is 0 Å². The minimum absolute atomic E-state index is 0.102. The van der Waals surface area contributed by atoms with Crippen molar-refractivity contribution >= 4 is 45.3 Å². The number of rotatable bonds is 0. The van der Waals surface area contributed by atoms with E-state index in [1.54, 1.807) is 24.5 Å². The Kier molecular flexibility index (Phi) is 3.70. The molecule has 0 radical (unpaired) electrons. The smallest absolute Gasteiger partial charge is 0.261 e. The van der Waals surface area contributed by atoms with Crippen molar-refractivity contribution in [2.75, 3.05) is 0 Å². The number of H-pyrrole nitrogens is 4. The van der Waals surface area contributed by atoms with Crippen LogP contribution in [0.25, 0.3) is 22.1 Å². The summed E-state index contributed by atoms with van der Waals surface area (Å²) in [6, 6.07) is 3.30. The molecule has 0 aliphatic heterocycles. The molecule has 4 rings (SSSR count). The van der Waals surface area contributed by atoms with Gasteiger partial charge in [0.15, 0.2) is 0 Å². The summed E-state index contributed by atoms with van der Waals surface area (Å²) in [6.45, 7) is 0. The SMILES string of the molecule is O=c1[nH]c(Cl)nc2[nH]ccc12.O=c1[nH]c(Cl)nc2[nH]ccc12. The van der Waals surface area contributed by atoms with Gasteiger partial charge in [0, 0.05) is 12.4 Å². The summed E-state index contributed by atoms with van der Waals surface area (Å²) in [4.78, 5) is 40.2. The van der Waals surface area contributed by atoms with E-state index in [0.29, 0.717) is 22.1 Å². The number of hydrogen-bond donors (Lipinski definition) is 4. The summed E-state index contributed by atoms with van der Waals surface area (Å²) in [5.41, 5.74) is 0.583. The second kappa shape index (κ2) is 5.66. The molecular formula is C12H8Cl2N6O2. The molecule has 4 aromatic rings. The molecule has 4 N–H and O–H groups in total. The minimum atomic E-state index is -0.221. The standard InChI is InChI=1S/2C6H4ClN3O/c2*7-6-9-4-3(1-2-8-4)5(11)10-6/h2*1-2H,(H2,8,9,10,11). The number of hydrogen-bond acceptors (Lipinski definition) is 4. The van der Waals surface area contributed by atoms with Gasteiger partial charge in [0.2, 0.25) is 10.6 Å². The maximum absolute atomic E-state index is 11.1. The molecule has 0 atom stereocenters. The van der Waals surface area contributed by atoms with Crippen molar-refractivity contribution in [1.29, 1.82) is 0 Å². The molecule has 4 aromatic heterocycles. The Morgan fingerprint density at radius 1 is 0.773 bits per heavy atom. The van der Waals surface area contributed by atoms with Crippen LogP contribution in [-0.2, 0) is 0 Å². The Morgan fingerprint density at radius 3 is 1.59 bits per heavy atom. The first-order valence-electron chi connectivity index (χ1n) is 6.00. The van der Waals surface area contributed by atoms with E-state index in [1.807, 2.05) is 0 Å². The molecule has 0 saturated heterocycles. The zero-order valence-electron chi connectivity index (χ0n) is 10.8. The molecule has 4 heterocycles. The van der Waals surface area contributed by atoms with E-state index < -0.39 is 0 Å². The lowest BCUT2D eigenvalue weighted by molar-refractivity contribution is 1.16. The number of nitrogens with zero attached hydrogens (tertiary/aromatic N) is 2. The molecule has 0 aliphatic carbocycles. The molecule has 0 bridgehead atoms. The third-order valence-corrected chi connectivity index (χ3v) is 3.15. The monoisotopic (exact) mass is 338 g/mol. The van der Waals surface area contributed by atoms with Gasteiger partial charge in [0.25, 0.3) is 11.1 Å². The van der Waals surface area contributed by atoms with Gasteiger partial charge >= 0.3 is 0 Å². The number of halogens is 2. The highest BCUT2D eigenvalue weighted by Gasteiger charge is 2.01. The van der Waals surface area contributed by atoms with Crippen molar-refractivity contribution in [3.63, 3.8) is 0 Å². The zero-order chi connectivity index (χ0) is 15.7. The molecule has 0 fully saturated rings. The van der Waals surface area contributed by atoms with Crippen LogP contribution in [0.2, 0.25) is 10.6 Å². The van der Waals surface area contributed by atoms with E-state index in [0.717, 1.165) is 0 Å². The van der Waals surface area contributed by atoms with Gasteiger partial charge in [0.1, 0.15) is 11.3 Å². The van der Waals surface area contributed by atoms with Crippen LogP contribution in [-0.4, -0.2) is 29.9 Å². The van der Waals surface area contributed by atoms with E-state index in [9.17, 15) is 9.59 Å². The Morgan fingerprint density at radius 2 is 1.18 bits per heavy atom. The second-order valence-corrected chi connectivity index (χ2v) is 4.91. The van der Waals surface area contributed by atoms with Gasteiger partial charge in [-0.1, -0.05) is 0 Å². The van der Waals surface area contributed by atoms with Crippen LogP contribution in [0.1, 0.15) is 0 Å². The van der Waals surface area contributed by atoms with Crippen LogP contribution in [0, 0.1) is 0 Å². The lowest BCUT2D eigenvalue weighted by Gasteiger charge is -1.88. The highest BCUT2D eigenvalue weighted by molar-refractivity contribution is 6.28. The van der Waals surface area contributed by atoms with Crippen molar-refractivity contribution in [1.82, 2.24) is 29.9 Å². The predicted molar refractivity (Wildman–Crippen MR) is 83.4 cm³/mol. The first kappa shape index (κ1) is 14.4. The summed E-state index contributed by atoms with van der Waals surface area (Å²) < 4.78 is 0. The Hall–Kier alpha value is -2.58. The molecule has 8 nitrogen and oxygen atoms in total. The highest BCUT2D eigenvalue weighted by atomic mass is 35.5. The Labute approximate surface area is 131 Å². The number of fused-ring (bicyclic) bond motifs is 2. The molecule has 0 unspecified atom stereocenters. The van der Waals surface area contributed by atoms with Gasteiger partial charge in [-0.25, -0.2) is 9.97 Å². The fourth-order valence-electron chi connectivity index (χ4n) is 1.85. The third-order valence-electron chi connectivity index (χ3n) is 2.79. The molecule has 22 heavy (non-hydrogen) atoms. The molecule has 112 valence electrons. The van der Waals surface area contributed by atoms with Crippen LogP contribution < -0.4 is 11.1 Å². The first-order valence-corrected chi connectivity index (χ1v) is 6.76. The van der Waals surface area contributed by atoms with Gasteiger partial charge in [-0.05, 0) is 35.3 Å². The van der Waals surface area contributed by atoms with E-state index >= 15 is 0 Å². The minimum Gasteiger partial charge on any atom is -0.346 e. The Balaban J connectivity index is 0.000000131. The average Bonchev–Trinajstić information content (AvgIpc) is 3.07. The van der Waals surface area contributed by atoms with Gasteiger partial charge in [-0.3, -0.25) is 19.6 Å². The average molecular weight is 339 g/mol. The fraction of sp³-hybridized carbons (Fsp3) is 0. The molecule has 0 spiro atoms. The first-order chi connectivity index (χ1) is 10.5. The molecule has 0 saturated carbocycles. The summed E-state index contributed by atoms with van der Waals surface area (Å²) in [5, 5.41) is 1.25. The van der Waals surface area contributed by atoms with Crippen LogP contribution >= 0.6 is 23.2 Å². The molecule has 0 aromatic carbocycles. The van der Waals surface area contributed by atoms with E-state index in [4.69, 9.17) is 23.2 Å². The number of aromatic amines is 4. The molecule has 10 heteroatoms. The normalized spacial score (nSPS) is 10.6. The van der Waals surface area contributed by atoms with Gasteiger partial charge in [-0.2, -0.15) is 0 Å². The lowest BCUT2D eigenvalue weighted by Crippen LogP contribution is -2.06. The maximum atomic E-state index is 11.1. The van der Waals surface area contributed by atoms with Crippen molar-refractivity contribution in [2.45, 2.75) is 0 Å². The topological polar surface area (TPSA) is 123 Å². The van der Waals surface area contributed by atoms with Crippen LogP contribution in [0.5, 0.6) is 0 Å². The number of aromatic nitrogens is 6. The van der Waals surface area contributed by atoms with Crippen molar-refractivity contribution in [3.8, 4) is 0 Å². The van der Waals surface area contributed by atoms with Gasteiger partial charge < -0.3 is 9.97 Å². The largest absolute Gasteiger partial charge is 0.346 e. The van der Waals surface area contributed by atoms with Crippen molar-refractivity contribution in [3.05, 3.63) is 55.8 Å². The van der Waals surface area contributed by atoms with Crippen LogP contribution in [0.4, 0.5) is 0 Å². The zero-order valence-corrected chi connectivity index (χ0v) is 12.3. The van der Waals surface area contributed by atoms with E-state index in [-0.39, 0.29) is 21.7 Å². The molecule has 0 aliphatic rings. The lowest BCUT2D eigenvalue weighted by atomic mass is 10.4. The number of nitrogens with one attached hydrogen (secondary N) is 4. The fourth-order valence-corrected chi connectivity index (χ4v) is 2.19. The van der Waals surface area contributed by atoms with Gasteiger partial charge in [0.05, 0.1) is 10.8 Å². The quantitative estimate of drug-likeness (QED) is 0.365. The van der Waals surface area contributed by atoms with Crippen molar-refractivity contribution in [2.24, 2.45) is 0 Å². The summed E-state index contributed by atoms with van der Waals surface area (Å²) >= 11 is 11.0. The van der Waals surface area contributed by atoms with Crippen LogP contribution in [0.15, 0.2) is 34.1 Å². The van der Waals surface area contributed by atoms with Crippen molar-refractivity contribution < 1.29 is 0 Å². The van der Waals surface area contributed by atoms with E-state index in [2.05, 4.69) is 29.9 Å². The third kappa shape index (κ3) is 2.74. The molecular weight excluding hydrogens is 331 g/mol. The predicted octanol–water partition coefficient (Wildman–Crippen LogP) is 1.81. The summed E-state index contributed by atoms with van der Waals surface area (Å²) in [6.07, 6.45) is 3.28. The van der Waals surface area contributed by atoms with Gasteiger partial charge in [-0.15, -0.1) is 0 Å². The maximum Gasteiger partial charge on any atom is 0.261 e.